The van der Waals surface area contributed by atoms with E-state index in [4.69, 9.17) is 5.11 Å². The fraction of sp³-hybridized carbons (Fsp3) is 0.417. The van der Waals surface area contributed by atoms with Gasteiger partial charge in [-0.2, -0.15) is 0 Å². The zero-order valence-electron chi connectivity index (χ0n) is 10.5. The van der Waals surface area contributed by atoms with Crippen LogP contribution in [0.15, 0.2) is 18.5 Å². The predicted octanol–water partition coefficient (Wildman–Crippen LogP) is 0.742. The standard InChI is InChI=1S/C12H17N3O3/c1-3-5-14-11(16)8-15(2)10-4-6-13-7-9(10)12(17)18/h4,6-7H,3,5,8H2,1-2H3,(H,14,16)(H,17,18). The third-order valence-corrected chi connectivity index (χ3v) is 2.39. The summed E-state index contributed by atoms with van der Waals surface area (Å²) in [6, 6.07) is 1.58. The highest BCUT2D eigenvalue weighted by molar-refractivity contribution is 5.94. The predicted molar refractivity (Wildman–Crippen MR) is 67.8 cm³/mol. The Morgan fingerprint density at radius 1 is 1.50 bits per heavy atom. The minimum atomic E-state index is -1.06. The van der Waals surface area contributed by atoms with Crippen LogP contribution in [0.25, 0.3) is 0 Å². The molecule has 2 N–H and O–H groups in total. The van der Waals surface area contributed by atoms with Crippen molar-refractivity contribution in [2.75, 3.05) is 25.0 Å². The van der Waals surface area contributed by atoms with Crippen molar-refractivity contribution in [2.24, 2.45) is 0 Å². The van der Waals surface area contributed by atoms with Gasteiger partial charge < -0.3 is 15.3 Å². The van der Waals surface area contributed by atoms with E-state index in [0.29, 0.717) is 12.2 Å². The Hall–Kier alpha value is -2.11. The number of hydrogen-bond donors (Lipinski definition) is 2. The first kappa shape index (κ1) is 14.0. The first-order chi connectivity index (χ1) is 8.56. The van der Waals surface area contributed by atoms with Gasteiger partial charge in [0.1, 0.15) is 5.56 Å². The molecule has 1 aromatic heterocycles. The van der Waals surface area contributed by atoms with Crippen LogP contribution in [0.3, 0.4) is 0 Å². The molecule has 0 saturated heterocycles. The fourth-order valence-electron chi connectivity index (χ4n) is 1.51. The van der Waals surface area contributed by atoms with Crippen LogP contribution in [0.2, 0.25) is 0 Å². The van der Waals surface area contributed by atoms with Crippen LogP contribution < -0.4 is 10.2 Å². The van der Waals surface area contributed by atoms with Crippen LogP contribution >= 0.6 is 0 Å². The number of aromatic carboxylic acids is 1. The molecule has 1 amide bonds. The van der Waals surface area contributed by atoms with Crippen molar-refractivity contribution in [3.05, 3.63) is 24.0 Å². The van der Waals surface area contributed by atoms with Crippen molar-refractivity contribution in [3.8, 4) is 0 Å². The van der Waals surface area contributed by atoms with Gasteiger partial charge in [0, 0.05) is 26.0 Å². The lowest BCUT2D eigenvalue weighted by atomic mass is 10.2. The molecule has 1 heterocycles. The third kappa shape index (κ3) is 3.73. The number of aromatic nitrogens is 1. The molecule has 6 heteroatoms. The number of anilines is 1. The molecule has 1 aromatic rings. The molecule has 0 atom stereocenters. The smallest absolute Gasteiger partial charge is 0.339 e. The molecule has 6 nitrogen and oxygen atoms in total. The van der Waals surface area contributed by atoms with E-state index in [1.807, 2.05) is 6.92 Å². The molecular formula is C12H17N3O3. The monoisotopic (exact) mass is 251 g/mol. The van der Waals surface area contributed by atoms with E-state index in [-0.39, 0.29) is 18.0 Å². The van der Waals surface area contributed by atoms with Gasteiger partial charge in [-0.05, 0) is 12.5 Å². The zero-order chi connectivity index (χ0) is 13.5. The molecule has 0 bridgehead atoms. The average Bonchev–Trinajstić information content (AvgIpc) is 2.36. The number of likely N-dealkylation sites (N-methyl/N-ethyl adjacent to an activating group) is 1. The van der Waals surface area contributed by atoms with Gasteiger partial charge in [-0.15, -0.1) is 0 Å². The van der Waals surface area contributed by atoms with Crippen molar-refractivity contribution in [2.45, 2.75) is 13.3 Å². The fourth-order valence-corrected chi connectivity index (χ4v) is 1.51. The second kappa shape index (κ2) is 6.58. The van der Waals surface area contributed by atoms with Gasteiger partial charge in [0.15, 0.2) is 0 Å². The van der Waals surface area contributed by atoms with Crippen molar-refractivity contribution in [1.29, 1.82) is 0 Å². The van der Waals surface area contributed by atoms with Gasteiger partial charge in [0.25, 0.3) is 0 Å². The molecule has 0 aliphatic heterocycles. The lowest BCUT2D eigenvalue weighted by molar-refractivity contribution is -0.119. The Kier molecular flexibility index (Phi) is 5.10. The molecule has 0 saturated carbocycles. The van der Waals surface area contributed by atoms with Gasteiger partial charge in [-0.3, -0.25) is 9.78 Å². The Morgan fingerprint density at radius 3 is 2.83 bits per heavy atom. The van der Waals surface area contributed by atoms with E-state index in [9.17, 15) is 9.59 Å². The number of pyridine rings is 1. The number of nitrogens with zero attached hydrogens (tertiary/aromatic N) is 2. The maximum atomic E-state index is 11.6. The quantitative estimate of drug-likeness (QED) is 0.779. The molecule has 0 aromatic carbocycles. The van der Waals surface area contributed by atoms with Gasteiger partial charge in [0.05, 0.1) is 12.2 Å². The number of carboxylic acids is 1. The number of hydrogen-bond acceptors (Lipinski definition) is 4. The van der Waals surface area contributed by atoms with E-state index >= 15 is 0 Å². The molecule has 0 radical (unpaired) electrons. The maximum Gasteiger partial charge on any atom is 0.339 e. The summed E-state index contributed by atoms with van der Waals surface area (Å²) in [5, 5.41) is 11.8. The minimum Gasteiger partial charge on any atom is -0.478 e. The molecular weight excluding hydrogens is 234 g/mol. The van der Waals surface area contributed by atoms with Gasteiger partial charge in [-0.1, -0.05) is 6.92 Å². The number of carbonyl (C=O) groups excluding carboxylic acids is 1. The zero-order valence-corrected chi connectivity index (χ0v) is 10.5. The summed E-state index contributed by atoms with van der Waals surface area (Å²) < 4.78 is 0. The van der Waals surface area contributed by atoms with Crippen LogP contribution in [-0.2, 0) is 4.79 Å². The van der Waals surface area contributed by atoms with Crippen LogP contribution in [0.4, 0.5) is 5.69 Å². The summed E-state index contributed by atoms with van der Waals surface area (Å²) in [6.45, 7) is 2.70. The SMILES string of the molecule is CCCNC(=O)CN(C)c1ccncc1C(=O)O. The number of rotatable bonds is 6. The molecule has 98 valence electrons. The molecule has 0 unspecified atom stereocenters. The molecule has 0 fully saturated rings. The lowest BCUT2D eigenvalue weighted by Gasteiger charge is -2.20. The lowest BCUT2D eigenvalue weighted by Crippen LogP contribution is -2.36. The normalized spacial score (nSPS) is 9.89. The molecule has 0 aliphatic rings. The number of carboxylic acid groups (broad SMARTS) is 1. The number of nitrogens with one attached hydrogen (secondary N) is 1. The number of amides is 1. The second-order valence-corrected chi connectivity index (χ2v) is 3.90. The third-order valence-electron chi connectivity index (χ3n) is 2.39. The van der Waals surface area contributed by atoms with E-state index in [1.54, 1.807) is 18.0 Å². The highest BCUT2D eigenvalue weighted by Gasteiger charge is 2.15. The van der Waals surface area contributed by atoms with Crippen molar-refractivity contribution in [3.63, 3.8) is 0 Å². The summed E-state index contributed by atoms with van der Waals surface area (Å²) >= 11 is 0. The van der Waals surface area contributed by atoms with Crippen LogP contribution in [0.1, 0.15) is 23.7 Å². The maximum absolute atomic E-state index is 11.6. The Balaban J connectivity index is 2.75. The van der Waals surface area contributed by atoms with Crippen molar-refractivity contribution in [1.82, 2.24) is 10.3 Å². The minimum absolute atomic E-state index is 0.0864. The topological polar surface area (TPSA) is 82.5 Å². The second-order valence-electron chi connectivity index (χ2n) is 3.90. The molecule has 18 heavy (non-hydrogen) atoms. The Bertz CT molecular complexity index is 434. The Morgan fingerprint density at radius 2 is 2.22 bits per heavy atom. The summed E-state index contributed by atoms with van der Waals surface area (Å²) in [6.07, 6.45) is 3.64. The van der Waals surface area contributed by atoms with Crippen LogP contribution in [0.5, 0.6) is 0 Å². The van der Waals surface area contributed by atoms with Crippen LogP contribution in [0, 0.1) is 0 Å². The Labute approximate surface area is 106 Å². The van der Waals surface area contributed by atoms with Crippen molar-refractivity contribution >= 4 is 17.6 Å². The van der Waals surface area contributed by atoms with Gasteiger partial charge in [-0.25, -0.2) is 4.79 Å². The first-order valence-electron chi connectivity index (χ1n) is 5.71. The van der Waals surface area contributed by atoms with Crippen LogP contribution in [-0.4, -0.2) is 42.1 Å². The van der Waals surface area contributed by atoms with E-state index in [2.05, 4.69) is 10.3 Å². The van der Waals surface area contributed by atoms with E-state index < -0.39 is 5.97 Å². The number of carbonyl (C=O) groups is 2. The van der Waals surface area contributed by atoms with Crippen molar-refractivity contribution < 1.29 is 14.7 Å². The van der Waals surface area contributed by atoms with E-state index in [0.717, 1.165) is 6.42 Å². The summed E-state index contributed by atoms with van der Waals surface area (Å²) in [5.41, 5.74) is 0.562. The molecule has 1 rings (SSSR count). The van der Waals surface area contributed by atoms with Gasteiger partial charge in [0.2, 0.25) is 5.91 Å². The highest BCUT2D eigenvalue weighted by atomic mass is 16.4. The summed E-state index contributed by atoms with van der Waals surface area (Å²) in [5.74, 6) is -1.19. The summed E-state index contributed by atoms with van der Waals surface area (Å²) in [4.78, 5) is 27.9. The highest BCUT2D eigenvalue weighted by Crippen LogP contribution is 2.17. The van der Waals surface area contributed by atoms with E-state index in [1.165, 1.54) is 12.4 Å². The average molecular weight is 251 g/mol. The first-order valence-corrected chi connectivity index (χ1v) is 5.71. The van der Waals surface area contributed by atoms with Gasteiger partial charge >= 0.3 is 5.97 Å². The summed E-state index contributed by atoms with van der Waals surface area (Å²) in [7, 11) is 1.67. The molecule has 0 aliphatic carbocycles. The molecule has 0 spiro atoms. The largest absolute Gasteiger partial charge is 0.478 e.